The number of nitrogens with zero attached hydrogens (tertiary/aromatic N) is 2. The van der Waals surface area contributed by atoms with Crippen LogP contribution in [0.25, 0.3) is 10.9 Å². The minimum atomic E-state index is 0.0296. The van der Waals surface area contributed by atoms with Crippen LogP contribution in [0.2, 0.25) is 0 Å². The van der Waals surface area contributed by atoms with E-state index in [1.807, 2.05) is 23.1 Å². The SMILES string of the molecule is COc1ccc2c(C3CCN(C(=O)c4ccc5c(c4)CC(=O)CO5)CC3)cn(C)c2c1. The highest BCUT2D eigenvalue weighted by atomic mass is 16.5. The van der Waals surface area contributed by atoms with Crippen molar-refractivity contribution in [2.75, 3.05) is 26.8 Å². The molecule has 0 spiro atoms. The number of Topliss-reactive ketones (excluding diaryl/α,β-unsaturated/α-hetero) is 1. The number of piperidine rings is 1. The number of rotatable bonds is 3. The number of ether oxygens (including phenoxy) is 2. The Hall–Kier alpha value is -3.28. The lowest BCUT2D eigenvalue weighted by Gasteiger charge is -2.32. The molecule has 0 N–H and O–H groups in total. The minimum absolute atomic E-state index is 0.0296. The molecule has 1 amide bonds. The van der Waals surface area contributed by atoms with Gasteiger partial charge in [0.05, 0.1) is 12.6 Å². The fourth-order valence-corrected chi connectivity index (χ4v) is 4.84. The molecule has 1 saturated heterocycles. The van der Waals surface area contributed by atoms with Gasteiger partial charge in [-0.05, 0) is 54.7 Å². The molecule has 0 radical (unpaired) electrons. The molecule has 0 unspecified atom stereocenters. The quantitative estimate of drug-likeness (QED) is 0.651. The van der Waals surface area contributed by atoms with E-state index in [4.69, 9.17) is 9.47 Å². The Kier molecular flexibility index (Phi) is 4.93. The Bertz CT molecular complexity index is 1170. The Labute approximate surface area is 181 Å². The van der Waals surface area contributed by atoms with Gasteiger partial charge in [-0.3, -0.25) is 9.59 Å². The number of methoxy groups -OCH3 is 1. The fourth-order valence-electron chi connectivity index (χ4n) is 4.84. The van der Waals surface area contributed by atoms with E-state index in [2.05, 4.69) is 29.9 Å². The third-order valence-corrected chi connectivity index (χ3v) is 6.53. The first kappa shape index (κ1) is 19.7. The first-order chi connectivity index (χ1) is 15.0. The number of aryl methyl sites for hydroxylation is 1. The Morgan fingerprint density at radius 1 is 1.13 bits per heavy atom. The molecule has 3 heterocycles. The molecular weight excluding hydrogens is 392 g/mol. The molecule has 2 aromatic carbocycles. The zero-order valence-corrected chi connectivity index (χ0v) is 17.9. The predicted octanol–water partition coefficient (Wildman–Crippen LogP) is 3.71. The second-order valence-electron chi connectivity index (χ2n) is 8.47. The summed E-state index contributed by atoms with van der Waals surface area (Å²) < 4.78 is 13.0. The highest BCUT2D eigenvalue weighted by Crippen LogP contribution is 2.36. The highest BCUT2D eigenvalue weighted by Gasteiger charge is 2.27. The second-order valence-corrected chi connectivity index (χ2v) is 8.47. The molecule has 3 aromatic rings. The van der Waals surface area contributed by atoms with E-state index in [0.29, 0.717) is 23.7 Å². The summed E-state index contributed by atoms with van der Waals surface area (Å²) in [7, 11) is 3.75. The summed E-state index contributed by atoms with van der Waals surface area (Å²) >= 11 is 0. The Morgan fingerprint density at radius 2 is 1.94 bits per heavy atom. The monoisotopic (exact) mass is 418 g/mol. The lowest BCUT2D eigenvalue weighted by Crippen LogP contribution is -2.38. The molecular formula is C25H26N2O4. The second kappa shape index (κ2) is 7.76. The van der Waals surface area contributed by atoms with Crippen molar-refractivity contribution in [3.8, 4) is 11.5 Å². The standard InChI is InChI=1S/C25H26N2O4/c1-26-14-22(21-5-4-20(30-2)13-23(21)26)16-7-9-27(10-8-16)25(29)17-3-6-24-18(11-17)12-19(28)15-31-24/h3-6,11,13-14,16H,7-10,12,15H2,1-2H3. The number of carbonyl (C=O) groups excluding carboxylic acids is 2. The number of hydrogen-bond donors (Lipinski definition) is 0. The van der Waals surface area contributed by atoms with Crippen molar-refractivity contribution in [1.29, 1.82) is 0 Å². The van der Waals surface area contributed by atoms with Crippen LogP contribution >= 0.6 is 0 Å². The van der Waals surface area contributed by atoms with Gasteiger partial charge in [0.2, 0.25) is 0 Å². The zero-order chi connectivity index (χ0) is 21.5. The van der Waals surface area contributed by atoms with Gasteiger partial charge < -0.3 is 18.9 Å². The fraction of sp³-hybridized carbons (Fsp3) is 0.360. The van der Waals surface area contributed by atoms with Gasteiger partial charge in [0, 0.05) is 55.3 Å². The minimum Gasteiger partial charge on any atom is -0.497 e. The zero-order valence-electron chi connectivity index (χ0n) is 17.9. The molecule has 6 heteroatoms. The number of carbonyl (C=O) groups is 2. The topological polar surface area (TPSA) is 60.8 Å². The number of aromatic nitrogens is 1. The molecule has 0 aliphatic carbocycles. The maximum atomic E-state index is 13.1. The van der Waals surface area contributed by atoms with Crippen molar-refractivity contribution in [2.45, 2.75) is 25.2 Å². The Balaban J connectivity index is 1.31. The van der Waals surface area contributed by atoms with E-state index in [1.165, 1.54) is 16.5 Å². The third-order valence-electron chi connectivity index (χ3n) is 6.53. The van der Waals surface area contributed by atoms with Crippen molar-refractivity contribution >= 4 is 22.6 Å². The van der Waals surface area contributed by atoms with Crippen molar-refractivity contribution in [3.05, 3.63) is 59.3 Å². The highest BCUT2D eigenvalue weighted by molar-refractivity contribution is 5.95. The van der Waals surface area contributed by atoms with E-state index in [-0.39, 0.29) is 18.3 Å². The number of ketones is 1. The van der Waals surface area contributed by atoms with Crippen molar-refractivity contribution in [1.82, 2.24) is 9.47 Å². The molecule has 1 aromatic heterocycles. The molecule has 0 atom stereocenters. The summed E-state index contributed by atoms with van der Waals surface area (Å²) in [5.41, 5.74) is 3.95. The van der Waals surface area contributed by atoms with Gasteiger partial charge in [0.1, 0.15) is 18.1 Å². The van der Waals surface area contributed by atoms with Crippen LogP contribution in [0.5, 0.6) is 11.5 Å². The maximum Gasteiger partial charge on any atom is 0.253 e. The van der Waals surface area contributed by atoms with Crippen LogP contribution < -0.4 is 9.47 Å². The summed E-state index contributed by atoms with van der Waals surface area (Å²) in [5, 5.41) is 1.26. The van der Waals surface area contributed by atoms with E-state index >= 15 is 0 Å². The summed E-state index contributed by atoms with van der Waals surface area (Å²) in [6.07, 6.45) is 4.42. The van der Waals surface area contributed by atoms with E-state index in [1.54, 1.807) is 13.2 Å². The number of amides is 1. The summed E-state index contributed by atoms with van der Waals surface area (Å²) in [6.45, 7) is 1.57. The van der Waals surface area contributed by atoms with Crippen LogP contribution in [0.3, 0.4) is 0 Å². The van der Waals surface area contributed by atoms with Gasteiger partial charge in [-0.25, -0.2) is 0 Å². The summed E-state index contributed by atoms with van der Waals surface area (Å²) in [5.74, 6) is 2.07. The predicted molar refractivity (Wildman–Crippen MR) is 118 cm³/mol. The maximum absolute atomic E-state index is 13.1. The van der Waals surface area contributed by atoms with Gasteiger partial charge in [-0.15, -0.1) is 0 Å². The van der Waals surface area contributed by atoms with Crippen LogP contribution in [0, 0.1) is 0 Å². The van der Waals surface area contributed by atoms with Crippen molar-refractivity contribution < 1.29 is 19.1 Å². The molecule has 2 aliphatic heterocycles. The van der Waals surface area contributed by atoms with Crippen LogP contribution in [0.1, 0.15) is 40.2 Å². The smallest absolute Gasteiger partial charge is 0.253 e. The lowest BCUT2D eigenvalue weighted by atomic mass is 9.89. The molecule has 5 rings (SSSR count). The van der Waals surface area contributed by atoms with Gasteiger partial charge in [-0.2, -0.15) is 0 Å². The number of benzene rings is 2. The first-order valence-corrected chi connectivity index (χ1v) is 10.7. The number of likely N-dealkylation sites (tertiary alicyclic amines) is 1. The van der Waals surface area contributed by atoms with E-state index < -0.39 is 0 Å². The lowest BCUT2D eigenvalue weighted by molar-refractivity contribution is -0.121. The van der Waals surface area contributed by atoms with Crippen LogP contribution in [-0.2, 0) is 18.3 Å². The number of fused-ring (bicyclic) bond motifs is 2. The van der Waals surface area contributed by atoms with Gasteiger partial charge in [-0.1, -0.05) is 0 Å². The van der Waals surface area contributed by atoms with Crippen LogP contribution in [0.4, 0.5) is 0 Å². The third kappa shape index (κ3) is 3.56. The van der Waals surface area contributed by atoms with Gasteiger partial charge >= 0.3 is 0 Å². The molecule has 0 saturated carbocycles. The van der Waals surface area contributed by atoms with Gasteiger partial charge in [0.25, 0.3) is 5.91 Å². The average Bonchev–Trinajstić information content (AvgIpc) is 3.14. The van der Waals surface area contributed by atoms with E-state index in [0.717, 1.165) is 37.2 Å². The number of hydrogen-bond acceptors (Lipinski definition) is 4. The molecule has 160 valence electrons. The van der Waals surface area contributed by atoms with Crippen molar-refractivity contribution in [2.24, 2.45) is 7.05 Å². The molecule has 31 heavy (non-hydrogen) atoms. The molecule has 2 aliphatic rings. The molecule has 0 bridgehead atoms. The van der Waals surface area contributed by atoms with Gasteiger partial charge in [0.15, 0.2) is 5.78 Å². The summed E-state index contributed by atoms with van der Waals surface area (Å²) in [4.78, 5) is 26.7. The van der Waals surface area contributed by atoms with Crippen LogP contribution in [0.15, 0.2) is 42.6 Å². The largest absolute Gasteiger partial charge is 0.497 e. The first-order valence-electron chi connectivity index (χ1n) is 10.7. The Morgan fingerprint density at radius 3 is 2.71 bits per heavy atom. The average molecular weight is 418 g/mol. The van der Waals surface area contributed by atoms with E-state index in [9.17, 15) is 9.59 Å². The molecule has 1 fully saturated rings. The normalized spacial score (nSPS) is 16.8. The molecule has 6 nitrogen and oxygen atoms in total. The summed E-state index contributed by atoms with van der Waals surface area (Å²) in [6, 6.07) is 11.7. The van der Waals surface area contributed by atoms with Crippen LogP contribution in [-0.4, -0.2) is 48.0 Å². The van der Waals surface area contributed by atoms with Crippen molar-refractivity contribution in [3.63, 3.8) is 0 Å².